The summed E-state index contributed by atoms with van der Waals surface area (Å²) < 4.78 is 5.36. The Hall–Kier alpha value is -0.540. The van der Waals surface area contributed by atoms with Gasteiger partial charge in [-0.15, -0.1) is 11.3 Å². The molecule has 17 heavy (non-hydrogen) atoms. The van der Waals surface area contributed by atoms with Gasteiger partial charge in [-0.05, 0) is 30.5 Å². The topological polar surface area (TPSA) is 13.1 Å². The van der Waals surface area contributed by atoms with Crippen LogP contribution in [0.5, 0.6) is 0 Å². The minimum atomic E-state index is 0.223. The van der Waals surface area contributed by atoms with Crippen molar-refractivity contribution in [3.05, 3.63) is 45.5 Å². The van der Waals surface area contributed by atoms with Crippen molar-refractivity contribution in [2.75, 3.05) is 0 Å². The number of halogens is 1. The summed E-state index contributed by atoms with van der Waals surface area (Å²) in [6.07, 6.45) is 1.75. The molecule has 0 saturated heterocycles. The molecule has 0 amide bonds. The van der Waals surface area contributed by atoms with E-state index in [-0.39, 0.29) is 10.2 Å². The van der Waals surface area contributed by atoms with Gasteiger partial charge in [-0.2, -0.15) is 0 Å². The number of hydrogen-bond acceptors (Lipinski definition) is 2. The first-order valence-electron chi connectivity index (χ1n) is 5.68. The Kier molecular flexibility index (Phi) is 3.50. The van der Waals surface area contributed by atoms with Crippen LogP contribution in [0.15, 0.2) is 28.9 Å². The highest BCUT2D eigenvalue weighted by Crippen LogP contribution is 2.39. The summed E-state index contributed by atoms with van der Waals surface area (Å²) in [5.41, 5.74) is 1.44. The lowest BCUT2D eigenvalue weighted by atomic mass is 9.95. The second kappa shape index (κ2) is 4.62. The molecular formula is C14H17BrOS. The lowest BCUT2D eigenvalue weighted by molar-refractivity contribution is 0.530. The van der Waals surface area contributed by atoms with Crippen LogP contribution < -0.4 is 0 Å². The standard InChI is InChI=1S/C14H17BrOS/c1-9-10(7-8-16-9)13(15)11-5-6-12(17-11)14(2,3)4/h5-8,13H,1-4H3. The van der Waals surface area contributed by atoms with Gasteiger partial charge in [0.25, 0.3) is 0 Å². The van der Waals surface area contributed by atoms with Crippen LogP contribution in [0.1, 0.15) is 46.7 Å². The van der Waals surface area contributed by atoms with Gasteiger partial charge in [-0.1, -0.05) is 36.7 Å². The largest absolute Gasteiger partial charge is 0.469 e. The SMILES string of the molecule is Cc1occc1C(Br)c1ccc(C(C)(C)C)s1. The van der Waals surface area contributed by atoms with E-state index in [4.69, 9.17) is 4.42 Å². The van der Waals surface area contributed by atoms with E-state index in [0.717, 1.165) is 5.76 Å². The molecule has 1 unspecified atom stereocenters. The van der Waals surface area contributed by atoms with Crippen molar-refractivity contribution >= 4 is 27.3 Å². The van der Waals surface area contributed by atoms with Gasteiger partial charge in [0.1, 0.15) is 5.76 Å². The molecule has 0 radical (unpaired) electrons. The molecule has 0 N–H and O–H groups in total. The summed E-state index contributed by atoms with van der Waals surface area (Å²) in [6, 6.07) is 6.46. The summed E-state index contributed by atoms with van der Waals surface area (Å²) in [5, 5.41) is 0. The predicted molar refractivity (Wildman–Crippen MR) is 77.2 cm³/mol. The number of furan rings is 1. The van der Waals surface area contributed by atoms with Gasteiger partial charge in [0.15, 0.2) is 0 Å². The van der Waals surface area contributed by atoms with Crippen LogP contribution in [-0.4, -0.2) is 0 Å². The van der Waals surface area contributed by atoms with E-state index in [2.05, 4.69) is 48.8 Å². The van der Waals surface area contributed by atoms with Gasteiger partial charge in [0.05, 0.1) is 11.1 Å². The van der Waals surface area contributed by atoms with Gasteiger partial charge >= 0.3 is 0 Å². The van der Waals surface area contributed by atoms with Crippen LogP contribution in [0.2, 0.25) is 0 Å². The molecule has 0 saturated carbocycles. The highest BCUT2D eigenvalue weighted by molar-refractivity contribution is 9.09. The van der Waals surface area contributed by atoms with Gasteiger partial charge in [0, 0.05) is 15.3 Å². The summed E-state index contributed by atoms with van der Waals surface area (Å²) in [5.74, 6) is 0.984. The molecule has 0 aromatic carbocycles. The zero-order valence-corrected chi connectivity index (χ0v) is 13.0. The molecular weight excluding hydrogens is 296 g/mol. The van der Waals surface area contributed by atoms with E-state index in [0.29, 0.717) is 0 Å². The third kappa shape index (κ3) is 2.66. The van der Waals surface area contributed by atoms with Crippen molar-refractivity contribution in [1.82, 2.24) is 0 Å². The molecule has 0 spiro atoms. The van der Waals surface area contributed by atoms with E-state index in [1.807, 2.05) is 24.3 Å². The van der Waals surface area contributed by atoms with Crippen LogP contribution in [-0.2, 0) is 5.41 Å². The highest BCUT2D eigenvalue weighted by atomic mass is 79.9. The molecule has 0 aliphatic heterocycles. The maximum Gasteiger partial charge on any atom is 0.105 e. The summed E-state index contributed by atoms with van der Waals surface area (Å²) in [6.45, 7) is 8.74. The Morgan fingerprint density at radius 1 is 1.24 bits per heavy atom. The zero-order chi connectivity index (χ0) is 12.6. The van der Waals surface area contributed by atoms with E-state index in [1.165, 1.54) is 15.3 Å². The number of aryl methyl sites for hydroxylation is 1. The fraction of sp³-hybridized carbons (Fsp3) is 0.429. The minimum Gasteiger partial charge on any atom is -0.469 e. The Morgan fingerprint density at radius 2 is 1.94 bits per heavy atom. The first-order valence-corrected chi connectivity index (χ1v) is 7.41. The number of hydrogen-bond donors (Lipinski definition) is 0. The van der Waals surface area contributed by atoms with E-state index < -0.39 is 0 Å². The van der Waals surface area contributed by atoms with Gasteiger partial charge in [-0.25, -0.2) is 0 Å². The van der Waals surface area contributed by atoms with Gasteiger partial charge < -0.3 is 4.42 Å². The Morgan fingerprint density at radius 3 is 2.41 bits per heavy atom. The highest BCUT2D eigenvalue weighted by Gasteiger charge is 2.21. The first-order chi connectivity index (χ1) is 7.89. The molecule has 2 heterocycles. The van der Waals surface area contributed by atoms with Crippen molar-refractivity contribution < 1.29 is 4.42 Å². The maximum atomic E-state index is 5.36. The number of alkyl halides is 1. The zero-order valence-electron chi connectivity index (χ0n) is 10.6. The van der Waals surface area contributed by atoms with Crippen molar-refractivity contribution in [2.45, 2.75) is 37.9 Å². The van der Waals surface area contributed by atoms with E-state index in [1.54, 1.807) is 6.26 Å². The first kappa shape index (κ1) is 12.9. The number of thiophene rings is 1. The van der Waals surface area contributed by atoms with Crippen molar-refractivity contribution in [3.63, 3.8) is 0 Å². The van der Waals surface area contributed by atoms with Crippen molar-refractivity contribution in [2.24, 2.45) is 0 Å². The van der Waals surface area contributed by atoms with Gasteiger partial charge in [0.2, 0.25) is 0 Å². The third-order valence-electron chi connectivity index (χ3n) is 2.79. The van der Waals surface area contributed by atoms with Crippen LogP contribution in [0, 0.1) is 6.92 Å². The molecule has 0 aliphatic rings. The second-order valence-electron chi connectivity index (χ2n) is 5.25. The lowest BCUT2D eigenvalue weighted by Gasteiger charge is -2.15. The molecule has 0 bridgehead atoms. The smallest absolute Gasteiger partial charge is 0.105 e. The van der Waals surface area contributed by atoms with Crippen molar-refractivity contribution in [3.8, 4) is 0 Å². The quantitative estimate of drug-likeness (QED) is 0.674. The average molecular weight is 313 g/mol. The lowest BCUT2D eigenvalue weighted by Crippen LogP contribution is -2.07. The maximum absolute atomic E-state index is 5.36. The molecule has 1 atom stereocenters. The molecule has 2 rings (SSSR count). The fourth-order valence-electron chi connectivity index (χ4n) is 1.70. The third-order valence-corrected chi connectivity index (χ3v) is 5.65. The molecule has 3 heteroatoms. The molecule has 1 nitrogen and oxygen atoms in total. The molecule has 0 fully saturated rings. The van der Waals surface area contributed by atoms with Crippen LogP contribution in [0.25, 0.3) is 0 Å². The summed E-state index contributed by atoms with van der Waals surface area (Å²) in [7, 11) is 0. The summed E-state index contributed by atoms with van der Waals surface area (Å²) >= 11 is 5.62. The van der Waals surface area contributed by atoms with Crippen LogP contribution in [0.3, 0.4) is 0 Å². The van der Waals surface area contributed by atoms with Crippen molar-refractivity contribution in [1.29, 1.82) is 0 Å². The Labute approximate surface area is 115 Å². The Bertz CT molecular complexity index is 504. The fourth-order valence-corrected chi connectivity index (χ4v) is 3.67. The molecule has 2 aromatic rings. The normalized spacial score (nSPS) is 13.9. The molecule has 0 aliphatic carbocycles. The Balaban J connectivity index is 2.30. The molecule has 2 aromatic heterocycles. The van der Waals surface area contributed by atoms with Crippen LogP contribution in [0.4, 0.5) is 0 Å². The van der Waals surface area contributed by atoms with E-state index >= 15 is 0 Å². The summed E-state index contributed by atoms with van der Waals surface area (Å²) in [4.78, 5) is 2.99. The van der Waals surface area contributed by atoms with Gasteiger partial charge in [-0.3, -0.25) is 0 Å². The van der Waals surface area contributed by atoms with Crippen LogP contribution >= 0.6 is 27.3 Å². The second-order valence-corrected chi connectivity index (χ2v) is 7.28. The monoisotopic (exact) mass is 312 g/mol. The average Bonchev–Trinajstić information content (AvgIpc) is 2.83. The minimum absolute atomic E-state index is 0.223. The number of rotatable bonds is 2. The molecule has 92 valence electrons. The predicted octanol–water partition coefficient (Wildman–Crippen LogP) is 5.43. The van der Waals surface area contributed by atoms with E-state index in [9.17, 15) is 0 Å².